The van der Waals surface area contributed by atoms with Crippen LogP contribution in [0.25, 0.3) is 11.3 Å². The number of nitrogens with zero attached hydrogens (tertiary/aromatic N) is 3. The first kappa shape index (κ1) is 25.6. The average molecular weight is 511 g/mol. The molecule has 1 aromatic heterocycles. The Hall–Kier alpha value is -4.06. The number of rotatable bonds is 9. The van der Waals surface area contributed by atoms with E-state index in [1.807, 2.05) is 30.3 Å². The molecule has 0 atom stereocenters. The fourth-order valence-corrected chi connectivity index (χ4v) is 4.94. The van der Waals surface area contributed by atoms with E-state index in [0.717, 1.165) is 48.3 Å². The van der Waals surface area contributed by atoms with Crippen LogP contribution in [0.4, 0.5) is 26.1 Å². The molecule has 3 aromatic carbocycles. The molecule has 4 aromatic rings. The number of hydrogen-bond acceptors (Lipinski definition) is 4. The molecule has 1 aliphatic rings. The van der Waals surface area contributed by atoms with Gasteiger partial charge in [-0.1, -0.05) is 30.3 Å². The number of hydrogen-bond donors (Lipinski definition) is 1. The third-order valence-electron chi connectivity index (χ3n) is 6.89. The Morgan fingerprint density at radius 3 is 2.58 bits per heavy atom. The molecule has 1 fully saturated rings. The smallest absolute Gasteiger partial charge is 0.227 e. The van der Waals surface area contributed by atoms with Crippen LogP contribution in [0.2, 0.25) is 0 Å². The van der Waals surface area contributed by atoms with Gasteiger partial charge in [0.1, 0.15) is 11.6 Å². The molecule has 1 aliphatic heterocycles. The molecule has 1 N–H and O–H groups in total. The molecule has 0 spiro atoms. The normalized spacial score (nSPS) is 13.4. The maximum absolute atomic E-state index is 15.2. The fraction of sp³-hybridized carbons (Fsp3) is 0.250. The number of allylic oxidation sites excluding steroid dienone is 1. The van der Waals surface area contributed by atoms with Crippen LogP contribution in [0, 0.1) is 11.6 Å². The third kappa shape index (κ3) is 6.25. The Morgan fingerprint density at radius 1 is 0.921 bits per heavy atom. The zero-order chi connectivity index (χ0) is 26.3. The van der Waals surface area contributed by atoms with Crippen LogP contribution >= 0.6 is 0 Å². The van der Waals surface area contributed by atoms with Crippen molar-refractivity contribution in [2.45, 2.75) is 38.5 Å². The standard InChI is InChI=1S/C32H32F2N4/c1-2-3-9-23-14-15-30(34)29(20-23)31-25(18-24-10-7-11-26(33)19-24)22-35-32(37-31)36-27-12-8-13-28(21-27)38-16-5-4-6-17-38/h2,7-8,10-15,19-22H,1,3-6,9,16-18H2,(H,35,36,37). The first-order chi connectivity index (χ1) is 18.6. The number of nitrogens with one attached hydrogen (secondary N) is 1. The van der Waals surface area contributed by atoms with Crippen molar-refractivity contribution >= 4 is 17.3 Å². The molecule has 0 radical (unpaired) electrons. The van der Waals surface area contributed by atoms with Crippen molar-refractivity contribution < 1.29 is 8.78 Å². The lowest BCUT2D eigenvalue weighted by atomic mass is 9.98. The lowest BCUT2D eigenvalue weighted by Gasteiger charge is -2.29. The zero-order valence-electron chi connectivity index (χ0n) is 21.5. The van der Waals surface area contributed by atoms with E-state index in [0.29, 0.717) is 23.6 Å². The van der Waals surface area contributed by atoms with Gasteiger partial charge in [-0.2, -0.15) is 0 Å². The van der Waals surface area contributed by atoms with Crippen LogP contribution in [0.5, 0.6) is 0 Å². The number of aromatic nitrogens is 2. The quantitative estimate of drug-likeness (QED) is 0.233. The molecule has 0 aliphatic carbocycles. The third-order valence-corrected chi connectivity index (χ3v) is 6.89. The first-order valence-electron chi connectivity index (χ1n) is 13.2. The monoisotopic (exact) mass is 510 g/mol. The lowest BCUT2D eigenvalue weighted by Crippen LogP contribution is -2.29. The van der Waals surface area contributed by atoms with Crippen molar-refractivity contribution in [2.75, 3.05) is 23.3 Å². The van der Waals surface area contributed by atoms with Gasteiger partial charge in [-0.3, -0.25) is 0 Å². The minimum atomic E-state index is -0.357. The van der Waals surface area contributed by atoms with Crippen LogP contribution in [-0.4, -0.2) is 23.1 Å². The summed E-state index contributed by atoms with van der Waals surface area (Å²) in [6, 6.07) is 19.8. The predicted octanol–water partition coefficient (Wildman–Crippen LogP) is 7.87. The molecule has 2 heterocycles. The van der Waals surface area contributed by atoms with E-state index in [1.54, 1.807) is 18.3 Å². The summed E-state index contributed by atoms with van der Waals surface area (Å²) in [5.41, 5.74) is 5.44. The number of benzene rings is 3. The van der Waals surface area contributed by atoms with E-state index in [9.17, 15) is 4.39 Å². The van der Waals surface area contributed by atoms with E-state index in [-0.39, 0.29) is 11.6 Å². The highest BCUT2D eigenvalue weighted by Crippen LogP contribution is 2.30. The van der Waals surface area contributed by atoms with Crippen LogP contribution in [-0.2, 0) is 12.8 Å². The van der Waals surface area contributed by atoms with Gasteiger partial charge in [0, 0.05) is 48.2 Å². The minimum Gasteiger partial charge on any atom is -0.371 e. The topological polar surface area (TPSA) is 41.1 Å². The molecular weight excluding hydrogens is 478 g/mol. The summed E-state index contributed by atoms with van der Waals surface area (Å²) < 4.78 is 29.1. The van der Waals surface area contributed by atoms with Crippen LogP contribution in [0.1, 0.15) is 42.4 Å². The summed E-state index contributed by atoms with van der Waals surface area (Å²) in [4.78, 5) is 11.7. The predicted molar refractivity (Wildman–Crippen MR) is 151 cm³/mol. The fourth-order valence-electron chi connectivity index (χ4n) is 4.94. The molecule has 4 nitrogen and oxygen atoms in total. The Balaban J connectivity index is 1.50. The minimum absolute atomic E-state index is 0.311. The lowest BCUT2D eigenvalue weighted by molar-refractivity contribution is 0.578. The first-order valence-corrected chi connectivity index (χ1v) is 13.2. The Morgan fingerprint density at radius 2 is 1.76 bits per heavy atom. The van der Waals surface area contributed by atoms with Gasteiger partial charge in [0.15, 0.2) is 0 Å². The van der Waals surface area contributed by atoms with Gasteiger partial charge in [-0.05, 0) is 85.7 Å². The Bertz CT molecular complexity index is 1410. The maximum atomic E-state index is 15.2. The Kier molecular flexibility index (Phi) is 8.07. The van der Waals surface area contributed by atoms with Gasteiger partial charge in [-0.15, -0.1) is 6.58 Å². The van der Waals surface area contributed by atoms with E-state index in [4.69, 9.17) is 4.98 Å². The molecule has 6 heteroatoms. The summed E-state index contributed by atoms with van der Waals surface area (Å²) in [7, 11) is 0. The SMILES string of the molecule is C=CCCc1ccc(F)c(-c2nc(Nc3cccc(N4CCCCC4)c3)ncc2Cc2cccc(F)c2)c1. The van der Waals surface area contributed by atoms with Crippen molar-refractivity contribution in [3.8, 4) is 11.3 Å². The highest BCUT2D eigenvalue weighted by Gasteiger charge is 2.16. The second kappa shape index (κ2) is 12.0. The van der Waals surface area contributed by atoms with Crippen LogP contribution in [0.15, 0.2) is 85.6 Å². The van der Waals surface area contributed by atoms with Crippen molar-refractivity contribution in [3.63, 3.8) is 0 Å². The van der Waals surface area contributed by atoms with Crippen LogP contribution < -0.4 is 10.2 Å². The molecule has 38 heavy (non-hydrogen) atoms. The van der Waals surface area contributed by atoms with Gasteiger partial charge in [0.05, 0.1) is 5.69 Å². The van der Waals surface area contributed by atoms with Crippen molar-refractivity contribution in [1.82, 2.24) is 9.97 Å². The van der Waals surface area contributed by atoms with E-state index < -0.39 is 0 Å². The second-order valence-corrected chi connectivity index (χ2v) is 9.74. The number of aryl methyl sites for hydroxylation is 1. The number of piperidine rings is 1. The van der Waals surface area contributed by atoms with E-state index in [1.165, 1.54) is 43.1 Å². The summed E-state index contributed by atoms with van der Waals surface area (Å²) >= 11 is 0. The van der Waals surface area contributed by atoms with Crippen molar-refractivity contribution in [1.29, 1.82) is 0 Å². The molecule has 0 unspecified atom stereocenters. The molecule has 5 rings (SSSR count). The zero-order valence-corrected chi connectivity index (χ0v) is 21.5. The molecule has 194 valence electrons. The van der Waals surface area contributed by atoms with Crippen LogP contribution in [0.3, 0.4) is 0 Å². The largest absolute Gasteiger partial charge is 0.371 e. The molecular formula is C32H32F2N4. The van der Waals surface area contributed by atoms with Gasteiger partial charge in [0.2, 0.25) is 5.95 Å². The second-order valence-electron chi connectivity index (χ2n) is 9.74. The van der Waals surface area contributed by atoms with E-state index in [2.05, 4.69) is 33.9 Å². The van der Waals surface area contributed by atoms with Gasteiger partial charge >= 0.3 is 0 Å². The van der Waals surface area contributed by atoms with Gasteiger partial charge in [-0.25, -0.2) is 18.7 Å². The highest BCUT2D eigenvalue weighted by molar-refractivity contribution is 5.68. The Labute approximate surface area is 223 Å². The summed E-state index contributed by atoms with van der Waals surface area (Å²) in [5.74, 6) is -0.284. The summed E-state index contributed by atoms with van der Waals surface area (Å²) in [6.07, 6.45) is 9.18. The van der Waals surface area contributed by atoms with Crippen molar-refractivity contribution in [2.24, 2.45) is 0 Å². The maximum Gasteiger partial charge on any atom is 0.227 e. The van der Waals surface area contributed by atoms with Gasteiger partial charge in [0.25, 0.3) is 0 Å². The summed E-state index contributed by atoms with van der Waals surface area (Å²) in [5, 5.41) is 3.32. The number of halogens is 2. The molecule has 0 bridgehead atoms. The number of anilines is 3. The molecule has 0 amide bonds. The summed E-state index contributed by atoms with van der Waals surface area (Å²) in [6.45, 7) is 5.90. The van der Waals surface area contributed by atoms with Crippen molar-refractivity contribution in [3.05, 3.63) is 114 Å². The average Bonchev–Trinajstić information content (AvgIpc) is 2.94. The van der Waals surface area contributed by atoms with Gasteiger partial charge < -0.3 is 10.2 Å². The molecule has 1 saturated heterocycles. The molecule has 0 saturated carbocycles. The highest BCUT2D eigenvalue weighted by atomic mass is 19.1. The van der Waals surface area contributed by atoms with E-state index >= 15 is 4.39 Å².